The summed E-state index contributed by atoms with van der Waals surface area (Å²) in [6, 6.07) is 27.6. The Balaban J connectivity index is 1.92. The summed E-state index contributed by atoms with van der Waals surface area (Å²) < 4.78 is 5.51. The van der Waals surface area contributed by atoms with E-state index in [-0.39, 0.29) is 5.78 Å². The van der Waals surface area contributed by atoms with E-state index in [9.17, 15) is 4.79 Å². The molecule has 24 heavy (non-hydrogen) atoms. The predicted molar refractivity (Wildman–Crippen MR) is 96.2 cm³/mol. The predicted octanol–water partition coefficient (Wildman–Crippen LogP) is 4.85. The quantitative estimate of drug-likeness (QED) is 0.608. The van der Waals surface area contributed by atoms with Gasteiger partial charge in [-0.1, -0.05) is 84.9 Å². The number of ether oxygens (including phenoxy) is 1. The topological polar surface area (TPSA) is 26.3 Å². The molecule has 1 unspecified atom stereocenters. The Morgan fingerprint density at radius 2 is 1.42 bits per heavy atom. The standard InChI is InChI=1S/C22H20O2/c1-24-22(18-12-6-3-7-13-18)21(23)20-15-9-8-14-19(20)16-17-10-4-2-5-11-17/h2-15,22H,16H2,1H3. The molecule has 2 nitrogen and oxygen atoms in total. The molecule has 0 heterocycles. The van der Waals surface area contributed by atoms with Gasteiger partial charge in [-0.2, -0.15) is 0 Å². The fourth-order valence-corrected chi connectivity index (χ4v) is 2.89. The summed E-state index contributed by atoms with van der Waals surface area (Å²) in [5.41, 5.74) is 3.80. The second-order valence-electron chi connectivity index (χ2n) is 5.71. The highest BCUT2D eigenvalue weighted by molar-refractivity contribution is 6.01. The molecule has 0 aromatic heterocycles. The Bertz CT molecular complexity index is 794. The van der Waals surface area contributed by atoms with Gasteiger partial charge in [0.15, 0.2) is 5.78 Å². The largest absolute Gasteiger partial charge is 0.369 e. The van der Waals surface area contributed by atoms with Crippen LogP contribution in [0.5, 0.6) is 0 Å². The van der Waals surface area contributed by atoms with E-state index >= 15 is 0 Å². The van der Waals surface area contributed by atoms with Crippen LogP contribution in [0.25, 0.3) is 0 Å². The Kier molecular flexibility index (Phi) is 5.19. The summed E-state index contributed by atoms with van der Waals surface area (Å²) in [5.74, 6) is -0.00442. The van der Waals surface area contributed by atoms with Crippen molar-refractivity contribution in [2.45, 2.75) is 12.5 Å². The minimum Gasteiger partial charge on any atom is -0.369 e. The molecule has 3 rings (SSSR count). The molecular weight excluding hydrogens is 296 g/mol. The van der Waals surface area contributed by atoms with Gasteiger partial charge in [-0.05, 0) is 23.1 Å². The van der Waals surface area contributed by atoms with Crippen LogP contribution < -0.4 is 0 Å². The van der Waals surface area contributed by atoms with Crippen LogP contribution in [0.15, 0.2) is 84.9 Å². The third kappa shape index (κ3) is 3.61. The molecule has 1 atom stereocenters. The van der Waals surface area contributed by atoms with Gasteiger partial charge in [-0.3, -0.25) is 4.79 Å². The van der Waals surface area contributed by atoms with Crippen LogP contribution in [0.2, 0.25) is 0 Å². The van der Waals surface area contributed by atoms with Gasteiger partial charge in [0.2, 0.25) is 0 Å². The molecule has 0 saturated carbocycles. The maximum absolute atomic E-state index is 13.1. The molecule has 0 fully saturated rings. The van der Waals surface area contributed by atoms with Gasteiger partial charge < -0.3 is 4.74 Å². The Hall–Kier alpha value is -2.71. The maximum atomic E-state index is 13.1. The van der Waals surface area contributed by atoms with E-state index in [1.807, 2.05) is 72.8 Å². The number of hydrogen-bond donors (Lipinski definition) is 0. The second kappa shape index (κ2) is 7.71. The fourth-order valence-electron chi connectivity index (χ4n) is 2.89. The van der Waals surface area contributed by atoms with Crippen molar-refractivity contribution in [1.29, 1.82) is 0 Å². The third-order valence-corrected chi connectivity index (χ3v) is 4.10. The van der Waals surface area contributed by atoms with E-state index in [1.54, 1.807) is 7.11 Å². The van der Waals surface area contributed by atoms with Gasteiger partial charge in [0.05, 0.1) is 0 Å². The van der Waals surface area contributed by atoms with Crippen LogP contribution >= 0.6 is 0 Å². The van der Waals surface area contributed by atoms with Crippen LogP contribution in [0, 0.1) is 0 Å². The van der Waals surface area contributed by atoms with E-state index in [1.165, 1.54) is 5.56 Å². The first-order chi connectivity index (χ1) is 11.8. The summed E-state index contributed by atoms with van der Waals surface area (Å²) in [4.78, 5) is 13.1. The SMILES string of the molecule is COC(C(=O)c1ccccc1Cc1ccccc1)c1ccccc1. The van der Waals surface area contributed by atoms with Crippen LogP contribution in [0.3, 0.4) is 0 Å². The summed E-state index contributed by atoms with van der Waals surface area (Å²) in [6.45, 7) is 0. The molecule has 2 heteroatoms. The average molecular weight is 316 g/mol. The fraction of sp³-hybridized carbons (Fsp3) is 0.136. The van der Waals surface area contributed by atoms with Gasteiger partial charge in [0.25, 0.3) is 0 Å². The summed E-state index contributed by atoms with van der Waals surface area (Å²) in [6.07, 6.45) is 0.150. The number of carbonyl (C=O) groups excluding carboxylic acids is 1. The van der Waals surface area contributed by atoms with E-state index in [4.69, 9.17) is 4.74 Å². The van der Waals surface area contributed by atoms with Crippen molar-refractivity contribution in [2.75, 3.05) is 7.11 Å². The van der Waals surface area contributed by atoms with E-state index in [0.717, 1.165) is 23.1 Å². The van der Waals surface area contributed by atoms with Crippen molar-refractivity contribution in [3.05, 3.63) is 107 Å². The lowest BCUT2D eigenvalue weighted by atomic mass is 9.93. The van der Waals surface area contributed by atoms with Gasteiger partial charge in [0, 0.05) is 12.7 Å². The number of Topliss-reactive ketones (excluding diaryl/α,β-unsaturated/α-hetero) is 1. The number of benzene rings is 3. The molecule has 0 aliphatic rings. The van der Waals surface area contributed by atoms with Crippen LogP contribution in [0.1, 0.15) is 33.2 Å². The zero-order valence-corrected chi connectivity index (χ0v) is 13.7. The van der Waals surface area contributed by atoms with Gasteiger partial charge in [-0.25, -0.2) is 0 Å². The molecule has 0 saturated heterocycles. The lowest BCUT2D eigenvalue weighted by Gasteiger charge is -2.17. The number of ketones is 1. The number of rotatable bonds is 6. The highest BCUT2D eigenvalue weighted by Gasteiger charge is 2.23. The molecular formula is C22H20O2. The first-order valence-electron chi connectivity index (χ1n) is 8.03. The minimum atomic E-state index is -0.580. The average Bonchev–Trinajstić information content (AvgIpc) is 2.64. The molecule has 0 spiro atoms. The van der Waals surface area contributed by atoms with Gasteiger partial charge >= 0.3 is 0 Å². The van der Waals surface area contributed by atoms with E-state index in [0.29, 0.717) is 0 Å². The van der Waals surface area contributed by atoms with E-state index in [2.05, 4.69) is 12.1 Å². The Morgan fingerprint density at radius 1 is 0.833 bits per heavy atom. The molecule has 0 amide bonds. The van der Waals surface area contributed by atoms with Crippen molar-refractivity contribution in [3.8, 4) is 0 Å². The maximum Gasteiger partial charge on any atom is 0.196 e. The smallest absolute Gasteiger partial charge is 0.196 e. The monoisotopic (exact) mass is 316 g/mol. The summed E-state index contributed by atoms with van der Waals surface area (Å²) in [5, 5.41) is 0. The molecule has 0 radical (unpaired) electrons. The number of carbonyl (C=O) groups is 1. The molecule has 0 aliphatic heterocycles. The summed E-state index contributed by atoms with van der Waals surface area (Å²) >= 11 is 0. The number of hydrogen-bond acceptors (Lipinski definition) is 2. The first-order valence-corrected chi connectivity index (χ1v) is 8.03. The molecule has 120 valence electrons. The Morgan fingerprint density at radius 3 is 2.08 bits per heavy atom. The number of methoxy groups -OCH3 is 1. The van der Waals surface area contributed by atoms with E-state index < -0.39 is 6.10 Å². The normalized spacial score (nSPS) is 11.9. The van der Waals surface area contributed by atoms with Crippen LogP contribution in [0.4, 0.5) is 0 Å². The zero-order chi connectivity index (χ0) is 16.8. The zero-order valence-electron chi connectivity index (χ0n) is 13.7. The summed E-state index contributed by atoms with van der Waals surface area (Å²) in [7, 11) is 1.58. The first kappa shape index (κ1) is 16.2. The lowest BCUT2D eigenvalue weighted by Crippen LogP contribution is -2.16. The van der Waals surface area contributed by atoms with Crippen molar-refractivity contribution >= 4 is 5.78 Å². The second-order valence-corrected chi connectivity index (χ2v) is 5.71. The van der Waals surface area contributed by atoms with Crippen molar-refractivity contribution < 1.29 is 9.53 Å². The van der Waals surface area contributed by atoms with Crippen LogP contribution in [-0.2, 0) is 11.2 Å². The van der Waals surface area contributed by atoms with Crippen molar-refractivity contribution in [1.82, 2.24) is 0 Å². The lowest BCUT2D eigenvalue weighted by molar-refractivity contribution is 0.0603. The molecule has 0 aliphatic carbocycles. The molecule has 3 aromatic rings. The molecule has 3 aromatic carbocycles. The highest BCUT2D eigenvalue weighted by Crippen LogP contribution is 2.24. The van der Waals surface area contributed by atoms with Gasteiger partial charge in [0.1, 0.15) is 6.10 Å². The molecule has 0 N–H and O–H groups in total. The van der Waals surface area contributed by atoms with Gasteiger partial charge in [-0.15, -0.1) is 0 Å². The Labute approximate surface area is 142 Å². The third-order valence-electron chi connectivity index (χ3n) is 4.10. The highest BCUT2D eigenvalue weighted by atomic mass is 16.5. The molecule has 0 bridgehead atoms. The van der Waals surface area contributed by atoms with Crippen LogP contribution in [-0.4, -0.2) is 12.9 Å². The van der Waals surface area contributed by atoms with Crippen molar-refractivity contribution in [3.63, 3.8) is 0 Å². The minimum absolute atomic E-state index is 0.00442. The van der Waals surface area contributed by atoms with Crippen molar-refractivity contribution in [2.24, 2.45) is 0 Å².